The van der Waals surface area contributed by atoms with Gasteiger partial charge < -0.3 is 4.42 Å². The number of rotatable bonds is 5. The normalized spacial score (nSPS) is 13.8. The number of nitrogens with zero attached hydrogens (tertiary/aromatic N) is 2. The van der Waals surface area contributed by atoms with Crippen molar-refractivity contribution in [3.05, 3.63) is 227 Å². The van der Waals surface area contributed by atoms with E-state index in [4.69, 9.17) is 14.4 Å². The van der Waals surface area contributed by atoms with E-state index in [0.717, 1.165) is 60.8 Å². The van der Waals surface area contributed by atoms with Crippen molar-refractivity contribution in [1.29, 1.82) is 0 Å². The Kier molecular flexibility index (Phi) is 7.45. The van der Waals surface area contributed by atoms with Crippen molar-refractivity contribution in [2.24, 2.45) is 0 Å². The minimum Gasteiger partial charge on any atom is -0.455 e. The zero-order valence-corrected chi connectivity index (χ0v) is 31.4. The van der Waals surface area contributed by atoms with Crippen LogP contribution in [0.2, 0.25) is 0 Å². The van der Waals surface area contributed by atoms with Crippen molar-refractivity contribution in [1.82, 2.24) is 9.97 Å². The highest BCUT2D eigenvalue weighted by Gasteiger charge is 2.51. The lowest BCUT2D eigenvalue weighted by atomic mass is 9.70. The van der Waals surface area contributed by atoms with Crippen molar-refractivity contribution in [3.63, 3.8) is 0 Å². The number of aromatic nitrogens is 2. The van der Waals surface area contributed by atoms with Gasteiger partial charge >= 0.3 is 0 Å². The third-order valence-electron chi connectivity index (χ3n) is 11.8. The second-order valence-electron chi connectivity index (χ2n) is 14.9. The lowest BCUT2D eigenvalue weighted by Crippen LogP contribution is -2.25. The van der Waals surface area contributed by atoms with Crippen molar-refractivity contribution in [3.8, 4) is 56.2 Å². The van der Waals surface area contributed by atoms with Gasteiger partial charge in [0, 0.05) is 32.9 Å². The molecule has 0 aliphatic heterocycles. The number of hydrogen-bond donors (Lipinski definition) is 0. The molecule has 3 nitrogen and oxygen atoms in total. The predicted molar refractivity (Wildman–Crippen MR) is 233 cm³/mol. The summed E-state index contributed by atoms with van der Waals surface area (Å²) in [7, 11) is 0. The van der Waals surface area contributed by atoms with E-state index in [-0.39, 0.29) is 5.41 Å². The molecule has 2 aliphatic rings. The fraction of sp³-hybridized carbons (Fsp3) is 0.0370. The predicted octanol–water partition coefficient (Wildman–Crippen LogP) is 11.8. The summed E-state index contributed by atoms with van der Waals surface area (Å²) >= 11 is 0. The fourth-order valence-corrected chi connectivity index (χ4v) is 9.32. The molecule has 2 aliphatic carbocycles. The molecule has 1 spiro atoms. The van der Waals surface area contributed by atoms with Crippen molar-refractivity contribution in [2.45, 2.75) is 12.3 Å². The lowest BCUT2D eigenvalue weighted by molar-refractivity contribution is 0.573. The zero-order valence-electron chi connectivity index (χ0n) is 31.4. The molecule has 9 aromatic rings. The van der Waals surface area contributed by atoms with E-state index >= 15 is 0 Å². The molecule has 0 bridgehead atoms. The monoisotopic (exact) mass is 728 g/mol. The summed E-state index contributed by atoms with van der Waals surface area (Å²) in [6.45, 7) is 6.41. The minimum atomic E-state index is -0.384. The van der Waals surface area contributed by atoms with Gasteiger partial charge in [0.05, 0.1) is 16.8 Å². The van der Waals surface area contributed by atoms with Crippen LogP contribution in [0.25, 0.3) is 79.3 Å². The number of hydrogen-bond acceptors (Lipinski definition) is 3. The molecule has 2 heterocycles. The van der Waals surface area contributed by atoms with E-state index in [9.17, 15) is 0 Å². The van der Waals surface area contributed by atoms with Crippen molar-refractivity contribution in [2.75, 3.05) is 0 Å². The minimum absolute atomic E-state index is 0.384. The molecule has 0 saturated carbocycles. The van der Waals surface area contributed by atoms with Crippen LogP contribution in [-0.2, 0) is 5.41 Å². The van der Waals surface area contributed by atoms with Gasteiger partial charge in [0.15, 0.2) is 5.82 Å². The summed E-state index contributed by atoms with van der Waals surface area (Å²) in [5, 5.41) is 1.91. The molecule has 0 fully saturated rings. The maximum Gasteiger partial charge on any atom is 0.160 e. The Morgan fingerprint density at radius 1 is 0.526 bits per heavy atom. The fourth-order valence-electron chi connectivity index (χ4n) is 9.32. The molecule has 0 saturated heterocycles. The first-order valence-electron chi connectivity index (χ1n) is 19.5. The molecule has 3 heteroatoms. The molecule has 57 heavy (non-hydrogen) atoms. The Morgan fingerprint density at radius 3 is 1.72 bits per heavy atom. The lowest BCUT2D eigenvalue weighted by Gasteiger charge is -2.30. The molecule has 0 N–H and O–H groups in total. The van der Waals surface area contributed by atoms with Gasteiger partial charge in [0.2, 0.25) is 0 Å². The van der Waals surface area contributed by atoms with Gasteiger partial charge in [0.1, 0.15) is 11.0 Å². The van der Waals surface area contributed by atoms with Gasteiger partial charge in [-0.25, -0.2) is 9.97 Å². The van der Waals surface area contributed by atoms with Crippen molar-refractivity contribution < 1.29 is 4.42 Å². The molecular weight excluding hydrogens is 693 g/mol. The molecule has 268 valence electrons. The van der Waals surface area contributed by atoms with E-state index in [1.54, 1.807) is 0 Å². The highest BCUT2D eigenvalue weighted by atomic mass is 16.3. The summed E-state index contributed by atoms with van der Waals surface area (Å²) in [6.07, 6.45) is 4.14. The summed E-state index contributed by atoms with van der Waals surface area (Å²) in [4.78, 5) is 10.4. The summed E-state index contributed by atoms with van der Waals surface area (Å²) < 4.78 is 6.36. The summed E-state index contributed by atoms with van der Waals surface area (Å²) in [5.41, 5.74) is 18.4. The Labute approximate surface area is 331 Å². The first-order chi connectivity index (χ1) is 28.1. The van der Waals surface area contributed by atoms with Crippen LogP contribution in [0.15, 0.2) is 192 Å². The van der Waals surface area contributed by atoms with Crippen LogP contribution in [-0.4, -0.2) is 9.97 Å². The van der Waals surface area contributed by atoms with Gasteiger partial charge in [-0.1, -0.05) is 176 Å². The average molecular weight is 729 g/mol. The number of allylic oxidation sites excluding steroid dienone is 2. The van der Waals surface area contributed by atoms with E-state index in [1.165, 1.54) is 44.5 Å². The highest BCUT2D eigenvalue weighted by Crippen LogP contribution is 2.62. The van der Waals surface area contributed by atoms with E-state index in [1.807, 2.05) is 49.4 Å². The third-order valence-corrected chi connectivity index (χ3v) is 11.8. The highest BCUT2D eigenvalue weighted by molar-refractivity contribution is 5.96. The maximum absolute atomic E-state index is 6.36. The first kappa shape index (κ1) is 33.0. The van der Waals surface area contributed by atoms with Crippen LogP contribution >= 0.6 is 0 Å². The summed E-state index contributed by atoms with van der Waals surface area (Å²) in [6, 6.07) is 62.7. The second-order valence-corrected chi connectivity index (χ2v) is 14.9. The molecule has 0 radical (unpaired) electrons. The van der Waals surface area contributed by atoms with E-state index < -0.39 is 0 Å². The Morgan fingerprint density at radius 2 is 1.07 bits per heavy atom. The van der Waals surface area contributed by atoms with Gasteiger partial charge in [-0.3, -0.25) is 0 Å². The zero-order chi connectivity index (χ0) is 38.1. The SMILES string of the molecule is C=c1/c(=C(\C=C/C)c2ccc(-c3cc(-c4ccc5c(c4)-c4ccccc4C54c5ccccc5-c5ccccc54)nc(-c4ccccc4)n3)cc2)oc2ccccc12. The van der Waals surface area contributed by atoms with Crippen LogP contribution in [0, 0.1) is 0 Å². The smallest absolute Gasteiger partial charge is 0.160 e. The van der Waals surface area contributed by atoms with Crippen LogP contribution in [0.4, 0.5) is 0 Å². The molecule has 7 aromatic carbocycles. The number of furan rings is 1. The Balaban J connectivity index is 1.07. The molecule has 0 unspecified atom stereocenters. The standard InChI is InChI=1S/C54H36N2O/c1-3-15-40(52-34(2)39-18-10-14-25-51(39)57-52)35-26-28-36(29-27-35)49-33-50(56-53(55-49)37-16-5-4-6-17-37)38-30-31-48-44(32-38)43-21-9-13-24-47(43)54(48)45-22-11-7-19-41(45)42-20-8-12-23-46(42)54/h3-33H,2H2,1H3/b15-3-,52-40-. The molecule has 0 amide bonds. The molecule has 2 aromatic heterocycles. The average Bonchev–Trinajstić information content (AvgIpc) is 3.88. The van der Waals surface area contributed by atoms with Gasteiger partial charge in [-0.15, -0.1) is 0 Å². The van der Waals surface area contributed by atoms with Gasteiger partial charge in [-0.2, -0.15) is 0 Å². The summed E-state index contributed by atoms with van der Waals surface area (Å²) in [5.74, 6) is 0.688. The van der Waals surface area contributed by atoms with Crippen LogP contribution in [0.5, 0.6) is 0 Å². The molecule has 0 atom stereocenters. The van der Waals surface area contributed by atoms with Crippen molar-refractivity contribution >= 4 is 23.1 Å². The van der Waals surface area contributed by atoms with Gasteiger partial charge in [0.25, 0.3) is 0 Å². The van der Waals surface area contributed by atoms with Gasteiger partial charge in [-0.05, 0) is 75.2 Å². The number of fused-ring (bicyclic) bond motifs is 11. The van der Waals surface area contributed by atoms with Crippen LogP contribution < -0.4 is 10.6 Å². The molecule has 11 rings (SSSR count). The molecular formula is C54H36N2O. The number of para-hydroxylation sites is 1. The number of benzene rings is 7. The topological polar surface area (TPSA) is 38.9 Å². The third kappa shape index (κ3) is 4.92. The largest absolute Gasteiger partial charge is 0.455 e. The quantitative estimate of drug-likeness (QED) is 0.177. The Hall–Kier alpha value is -7.36. The second kappa shape index (κ2) is 12.9. The maximum atomic E-state index is 6.36. The van der Waals surface area contributed by atoms with Crippen LogP contribution in [0.3, 0.4) is 0 Å². The first-order valence-corrected chi connectivity index (χ1v) is 19.5. The van der Waals surface area contributed by atoms with E-state index in [0.29, 0.717) is 5.82 Å². The Bertz CT molecular complexity index is 3160. The van der Waals surface area contributed by atoms with Crippen LogP contribution in [0.1, 0.15) is 34.7 Å². The van der Waals surface area contributed by atoms with E-state index in [2.05, 4.69) is 152 Å².